The molecule has 0 spiro atoms. The highest BCUT2D eigenvalue weighted by atomic mass is 32.2. The molecule has 1 aliphatic heterocycles. The Labute approximate surface area is 159 Å². The Morgan fingerprint density at radius 2 is 1.93 bits per heavy atom. The Hall–Kier alpha value is -1.94. The molecule has 2 heterocycles. The van der Waals surface area contributed by atoms with Crippen LogP contribution >= 0.6 is 0 Å². The highest BCUT2D eigenvalue weighted by Gasteiger charge is 2.36. The molecule has 27 heavy (non-hydrogen) atoms. The Bertz CT molecular complexity index is 838. The molecule has 0 bridgehead atoms. The Kier molecular flexibility index (Phi) is 6.00. The molecule has 1 saturated heterocycles. The Morgan fingerprint density at radius 3 is 2.48 bits per heavy atom. The molecule has 1 aromatic rings. The summed E-state index contributed by atoms with van der Waals surface area (Å²) < 4.78 is 28.8. The van der Waals surface area contributed by atoms with Gasteiger partial charge in [0.1, 0.15) is 11.4 Å². The second-order valence-electron chi connectivity index (χ2n) is 8.00. The zero-order valence-corrected chi connectivity index (χ0v) is 17.3. The van der Waals surface area contributed by atoms with E-state index in [2.05, 4.69) is 10.4 Å². The summed E-state index contributed by atoms with van der Waals surface area (Å²) in [5.74, 6) is -1.96. The molecule has 0 aromatic carbocycles. The average molecular weight is 401 g/mol. The Balaban J connectivity index is 2.29. The van der Waals surface area contributed by atoms with Gasteiger partial charge in [0.2, 0.25) is 15.9 Å². The number of amides is 1. The van der Waals surface area contributed by atoms with E-state index < -0.39 is 27.4 Å². The van der Waals surface area contributed by atoms with E-state index in [0.29, 0.717) is 24.2 Å². The highest BCUT2D eigenvalue weighted by molar-refractivity contribution is 7.89. The number of carboxylic acids is 1. The number of rotatable bonds is 5. The minimum atomic E-state index is -3.88. The maximum atomic E-state index is 13.1. The van der Waals surface area contributed by atoms with Gasteiger partial charge in [-0.15, -0.1) is 0 Å². The number of aromatic nitrogens is 2. The van der Waals surface area contributed by atoms with Crippen LogP contribution in [0, 0.1) is 19.8 Å². The van der Waals surface area contributed by atoms with Crippen LogP contribution in [0.4, 0.5) is 0 Å². The molecule has 152 valence electrons. The predicted molar refractivity (Wildman–Crippen MR) is 98.7 cm³/mol. The summed E-state index contributed by atoms with van der Waals surface area (Å²) >= 11 is 0. The monoisotopic (exact) mass is 400 g/mol. The van der Waals surface area contributed by atoms with Crippen molar-refractivity contribution in [2.75, 3.05) is 13.1 Å². The van der Waals surface area contributed by atoms with Crippen LogP contribution < -0.4 is 5.32 Å². The minimum absolute atomic E-state index is 0.0494. The van der Waals surface area contributed by atoms with E-state index in [4.69, 9.17) is 0 Å². The van der Waals surface area contributed by atoms with Crippen molar-refractivity contribution in [1.82, 2.24) is 19.4 Å². The number of hydrogen-bond donors (Lipinski definition) is 2. The number of piperidine rings is 1. The third kappa shape index (κ3) is 4.86. The summed E-state index contributed by atoms with van der Waals surface area (Å²) in [5, 5.41) is 16.3. The lowest BCUT2D eigenvalue weighted by Gasteiger charge is -2.29. The maximum Gasteiger partial charge on any atom is 0.307 e. The van der Waals surface area contributed by atoms with E-state index in [1.165, 1.54) is 8.99 Å². The van der Waals surface area contributed by atoms with Gasteiger partial charge in [-0.05, 0) is 47.5 Å². The zero-order valence-electron chi connectivity index (χ0n) is 16.4. The van der Waals surface area contributed by atoms with Crippen molar-refractivity contribution in [3.8, 4) is 0 Å². The lowest BCUT2D eigenvalue weighted by atomic mass is 10.0. The van der Waals surface area contributed by atoms with Crippen LogP contribution in [0.25, 0.3) is 0 Å². The summed E-state index contributed by atoms with van der Waals surface area (Å²) in [7, 11) is -3.88. The molecule has 0 saturated carbocycles. The number of nitrogens with one attached hydrogen (secondary N) is 1. The number of carbonyl (C=O) groups excluding carboxylic acids is 1. The quantitative estimate of drug-likeness (QED) is 0.757. The van der Waals surface area contributed by atoms with Gasteiger partial charge < -0.3 is 10.4 Å². The molecule has 0 aliphatic carbocycles. The number of nitrogens with zero attached hydrogens (tertiary/aromatic N) is 3. The molecule has 1 aliphatic rings. The summed E-state index contributed by atoms with van der Waals surface area (Å²) in [6.45, 7) is 8.91. The standard InChI is InChI=1S/C17H28N4O5S/c1-11-15(12(2)21(19-11)10-14(22)18-17(3,4)5)27(25,26)20-8-6-7-13(9-20)16(23)24/h13H,6-10H2,1-5H3,(H,18,22)(H,23,24)/t13-/m0/s1. The van der Waals surface area contributed by atoms with Crippen LogP contribution in [0.2, 0.25) is 0 Å². The van der Waals surface area contributed by atoms with Crippen molar-refractivity contribution < 1.29 is 23.1 Å². The molecular formula is C17H28N4O5S. The summed E-state index contributed by atoms with van der Waals surface area (Å²) in [6, 6.07) is 0. The van der Waals surface area contributed by atoms with Gasteiger partial charge in [0, 0.05) is 18.6 Å². The first-order chi connectivity index (χ1) is 12.3. The first kappa shape index (κ1) is 21.4. The van der Waals surface area contributed by atoms with Crippen molar-refractivity contribution in [2.45, 2.75) is 64.4 Å². The van der Waals surface area contributed by atoms with Crippen LogP contribution in [0.3, 0.4) is 0 Å². The molecule has 1 fully saturated rings. The van der Waals surface area contributed by atoms with E-state index in [1.54, 1.807) is 13.8 Å². The molecule has 0 unspecified atom stereocenters. The lowest BCUT2D eigenvalue weighted by Crippen LogP contribution is -2.43. The molecule has 2 N–H and O–H groups in total. The summed E-state index contributed by atoms with van der Waals surface area (Å²) in [6.07, 6.45) is 0.960. The van der Waals surface area contributed by atoms with Crippen LogP contribution in [0.5, 0.6) is 0 Å². The van der Waals surface area contributed by atoms with Gasteiger partial charge in [-0.25, -0.2) is 8.42 Å². The average Bonchev–Trinajstić information content (AvgIpc) is 2.79. The van der Waals surface area contributed by atoms with E-state index >= 15 is 0 Å². The second kappa shape index (κ2) is 7.59. The van der Waals surface area contributed by atoms with Gasteiger partial charge in [-0.2, -0.15) is 9.40 Å². The SMILES string of the molecule is Cc1nn(CC(=O)NC(C)(C)C)c(C)c1S(=O)(=O)N1CCC[C@H](C(=O)O)C1. The van der Waals surface area contributed by atoms with Gasteiger partial charge in [0.25, 0.3) is 0 Å². The smallest absolute Gasteiger partial charge is 0.307 e. The largest absolute Gasteiger partial charge is 0.481 e. The summed E-state index contributed by atoms with van der Waals surface area (Å²) in [5.41, 5.74) is 0.268. The molecule has 1 aromatic heterocycles. The number of carbonyl (C=O) groups is 2. The van der Waals surface area contributed by atoms with Crippen molar-refractivity contribution in [1.29, 1.82) is 0 Å². The molecular weight excluding hydrogens is 372 g/mol. The normalized spacial score (nSPS) is 19.1. The highest BCUT2D eigenvalue weighted by Crippen LogP contribution is 2.28. The fourth-order valence-electron chi connectivity index (χ4n) is 3.29. The number of aliphatic carboxylic acids is 1. The van der Waals surface area contributed by atoms with Gasteiger partial charge in [-0.1, -0.05) is 0 Å². The summed E-state index contributed by atoms with van der Waals surface area (Å²) in [4.78, 5) is 23.5. The van der Waals surface area contributed by atoms with Crippen molar-refractivity contribution in [3.05, 3.63) is 11.4 Å². The number of aryl methyl sites for hydroxylation is 1. The van der Waals surface area contributed by atoms with E-state index in [-0.39, 0.29) is 30.4 Å². The van der Waals surface area contributed by atoms with E-state index in [0.717, 1.165) is 0 Å². The third-order valence-electron chi connectivity index (χ3n) is 4.45. The number of sulfonamides is 1. The van der Waals surface area contributed by atoms with E-state index in [1.807, 2.05) is 20.8 Å². The minimum Gasteiger partial charge on any atom is -0.481 e. The van der Waals surface area contributed by atoms with Crippen molar-refractivity contribution in [2.24, 2.45) is 5.92 Å². The molecule has 1 amide bonds. The molecule has 0 radical (unpaired) electrons. The lowest BCUT2D eigenvalue weighted by molar-refractivity contribution is -0.142. The molecule has 2 rings (SSSR count). The Morgan fingerprint density at radius 1 is 1.30 bits per heavy atom. The topological polar surface area (TPSA) is 122 Å². The van der Waals surface area contributed by atoms with E-state index in [9.17, 15) is 23.1 Å². The molecule has 10 heteroatoms. The number of carboxylic acid groups (broad SMARTS) is 1. The van der Waals surface area contributed by atoms with Gasteiger partial charge in [0.05, 0.1) is 17.3 Å². The van der Waals surface area contributed by atoms with Crippen molar-refractivity contribution in [3.63, 3.8) is 0 Å². The second-order valence-corrected chi connectivity index (χ2v) is 9.87. The van der Waals surface area contributed by atoms with Crippen LogP contribution in [0.1, 0.15) is 45.0 Å². The molecule has 1 atom stereocenters. The molecule has 9 nitrogen and oxygen atoms in total. The van der Waals surface area contributed by atoms with Gasteiger partial charge >= 0.3 is 5.97 Å². The number of hydrogen-bond acceptors (Lipinski definition) is 5. The third-order valence-corrected chi connectivity index (χ3v) is 6.57. The zero-order chi connectivity index (χ0) is 20.6. The van der Waals surface area contributed by atoms with Crippen LogP contribution in [0.15, 0.2) is 4.90 Å². The van der Waals surface area contributed by atoms with Gasteiger partial charge in [0.15, 0.2) is 0 Å². The van der Waals surface area contributed by atoms with Crippen molar-refractivity contribution >= 4 is 21.9 Å². The fourth-order valence-corrected chi connectivity index (χ4v) is 5.19. The van der Waals surface area contributed by atoms with Crippen LogP contribution in [-0.2, 0) is 26.2 Å². The maximum absolute atomic E-state index is 13.1. The first-order valence-corrected chi connectivity index (χ1v) is 10.3. The van der Waals surface area contributed by atoms with Gasteiger partial charge in [-0.3, -0.25) is 14.3 Å². The first-order valence-electron chi connectivity index (χ1n) is 8.91. The van der Waals surface area contributed by atoms with Crippen LogP contribution in [-0.4, -0.2) is 58.1 Å². The fraction of sp³-hybridized carbons (Fsp3) is 0.706. The predicted octanol–water partition coefficient (Wildman–Crippen LogP) is 0.900.